The molecule has 2 saturated heterocycles. The second-order valence-electron chi connectivity index (χ2n) is 10.2. The summed E-state index contributed by atoms with van der Waals surface area (Å²) in [4.78, 5) is 14.8. The number of methoxy groups -OCH3 is 1. The fourth-order valence-electron chi connectivity index (χ4n) is 5.52. The van der Waals surface area contributed by atoms with Crippen molar-refractivity contribution in [3.05, 3.63) is 59.9 Å². The van der Waals surface area contributed by atoms with E-state index in [1.54, 1.807) is 13.3 Å². The minimum atomic E-state index is -1.99. The van der Waals surface area contributed by atoms with E-state index in [9.17, 15) is 4.21 Å². The van der Waals surface area contributed by atoms with Crippen molar-refractivity contribution < 1.29 is 8.95 Å². The topological polar surface area (TPSA) is 95.5 Å². The number of nitrogens with one attached hydrogen (secondary N) is 2. The van der Waals surface area contributed by atoms with Gasteiger partial charge in [-0.1, -0.05) is 36.2 Å². The largest absolute Gasteiger partial charge is 0.494 e. The fourth-order valence-corrected chi connectivity index (χ4v) is 8.20. The summed E-state index contributed by atoms with van der Waals surface area (Å²) in [6.45, 7) is 1.77. The molecule has 8 nitrogen and oxygen atoms in total. The highest BCUT2D eigenvalue weighted by molar-refractivity contribution is 7.93. The van der Waals surface area contributed by atoms with Crippen molar-refractivity contribution in [2.24, 2.45) is 4.36 Å². The first-order valence-corrected chi connectivity index (χ1v) is 15.8. The van der Waals surface area contributed by atoms with Crippen molar-refractivity contribution in [3.63, 3.8) is 0 Å². The van der Waals surface area contributed by atoms with E-state index >= 15 is 0 Å². The van der Waals surface area contributed by atoms with Gasteiger partial charge in [-0.2, -0.15) is 0 Å². The molecule has 2 fully saturated rings. The molecule has 0 radical (unpaired) electrons. The molecule has 2 aliphatic heterocycles. The predicted molar refractivity (Wildman–Crippen MR) is 160 cm³/mol. The van der Waals surface area contributed by atoms with Gasteiger partial charge in [0.05, 0.1) is 35.8 Å². The average Bonchev–Trinajstić information content (AvgIpc) is 3.39. The molecular weight excluding hydrogens is 532 g/mol. The molecule has 0 spiro atoms. The summed E-state index contributed by atoms with van der Waals surface area (Å²) < 4.78 is 23.6. The van der Waals surface area contributed by atoms with Crippen LogP contribution in [-0.2, 0) is 9.73 Å². The SMILES string of the molecule is COc1cc(N2CCC(N=S3(=O)CCCCC3)CC2)ccc1Nc1ncc(Cl)c(-c2c[nH]c3ccccc23)n1. The summed E-state index contributed by atoms with van der Waals surface area (Å²) in [6.07, 6.45) is 8.67. The number of benzene rings is 2. The van der Waals surface area contributed by atoms with E-state index in [1.165, 1.54) is 6.42 Å². The van der Waals surface area contributed by atoms with Crippen LogP contribution < -0.4 is 15.0 Å². The molecule has 0 saturated carbocycles. The Balaban J connectivity index is 1.18. The van der Waals surface area contributed by atoms with Crippen molar-refractivity contribution in [1.29, 1.82) is 0 Å². The Morgan fingerprint density at radius 3 is 2.72 bits per heavy atom. The minimum absolute atomic E-state index is 0.197. The number of anilines is 3. The number of rotatable bonds is 6. The Labute approximate surface area is 234 Å². The van der Waals surface area contributed by atoms with Gasteiger partial charge in [0.2, 0.25) is 5.95 Å². The molecule has 4 aromatic rings. The number of halogens is 1. The number of para-hydroxylation sites is 1. The Morgan fingerprint density at radius 1 is 1.13 bits per heavy atom. The highest BCUT2D eigenvalue weighted by atomic mass is 35.5. The molecule has 2 aromatic carbocycles. The summed E-state index contributed by atoms with van der Waals surface area (Å²) in [5.41, 5.74) is 4.47. The lowest BCUT2D eigenvalue weighted by molar-refractivity contribution is 0.416. The smallest absolute Gasteiger partial charge is 0.227 e. The van der Waals surface area contributed by atoms with Crippen LogP contribution >= 0.6 is 11.6 Å². The summed E-state index contributed by atoms with van der Waals surface area (Å²) in [7, 11) is -0.330. The van der Waals surface area contributed by atoms with E-state index in [1.807, 2.05) is 42.6 Å². The molecule has 0 bridgehead atoms. The van der Waals surface area contributed by atoms with E-state index in [-0.39, 0.29) is 6.04 Å². The highest BCUT2D eigenvalue weighted by Gasteiger charge is 2.23. The maximum absolute atomic E-state index is 13.0. The van der Waals surface area contributed by atoms with Crippen molar-refractivity contribution >= 4 is 49.6 Å². The normalized spacial score (nSPS) is 17.7. The van der Waals surface area contributed by atoms with Crippen molar-refractivity contribution in [2.75, 3.05) is 41.9 Å². The molecule has 10 heteroatoms. The number of hydrogen-bond acceptors (Lipinski definition) is 7. The molecule has 2 aromatic heterocycles. The Hall–Kier alpha value is -3.30. The maximum Gasteiger partial charge on any atom is 0.227 e. The van der Waals surface area contributed by atoms with Gasteiger partial charge in [-0.3, -0.25) is 0 Å². The van der Waals surface area contributed by atoms with Crippen molar-refractivity contribution in [3.8, 4) is 17.0 Å². The first kappa shape index (κ1) is 26.0. The van der Waals surface area contributed by atoms with Gasteiger partial charge in [0, 0.05) is 68.7 Å². The Kier molecular flexibility index (Phi) is 7.36. The zero-order chi connectivity index (χ0) is 26.8. The summed E-state index contributed by atoms with van der Waals surface area (Å²) in [5.74, 6) is 2.69. The van der Waals surface area contributed by atoms with Crippen LogP contribution in [0.3, 0.4) is 0 Å². The van der Waals surface area contributed by atoms with Crippen LogP contribution in [0.5, 0.6) is 5.75 Å². The van der Waals surface area contributed by atoms with Crippen LogP contribution in [0.15, 0.2) is 59.2 Å². The lowest BCUT2D eigenvalue weighted by Gasteiger charge is -2.33. The third-order valence-corrected chi connectivity index (χ3v) is 10.4. The average molecular weight is 565 g/mol. The standard InChI is InChI=1S/C29H33ClN6O2S/c1-38-27-17-21(36-13-11-20(12-14-36)35-39(37)15-5-2-6-16-39)9-10-26(27)33-29-32-19-24(30)28(34-29)23-18-31-25-8-4-3-7-22(23)25/h3-4,7-10,17-20,31H,2,5-6,11-16H2,1H3,(H,32,33,34). The van der Waals surface area contributed by atoms with E-state index in [4.69, 9.17) is 25.7 Å². The molecule has 6 rings (SSSR count). The van der Waals surface area contributed by atoms with Crippen LogP contribution in [0.1, 0.15) is 32.1 Å². The number of hydrogen-bond donors (Lipinski definition) is 2. The van der Waals surface area contributed by atoms with Crippen molar-refractivity contribution in [1.82, 2.24) is 15.0 Å². The van der Waals surface area contributed by atoms with E-state index in [2.05, 4.69) is 26.3 Å². The number of aromatic nitrogens is 3. The molecule has 2 aliphatic rings. The molecule has 0 atom stereocenters. The third kappa shape index (κ3) is 5.56. The number of piperidine rings is 1. The van der Waals surface area contributed by atoms with Gasteiger partial charge in [-0.15, -0.1) is 0 Å². The van der Waals surface area contributed by atoms with Crippen LogP contribution in [0, 0.1) is 0 Å². The van der Waals surface area contributed by atoms with E-state index < -0.39 is 9.73 Å². The Bertz CT molecular complexity index is 1590. The Morgan fingerprint density at radius 2 is 1.92 bits per heavy atom. The molecule has 0 unspecified atom stereocenters. The van der Waals surface area contributed by atoms with Gasteiger partial charge in [0.25, 0.3) is 0 Å². The number of ether oxygens (including phenoxy) is 1. The van der Waals surface area contributed by atoms with Gasteiger partial charge in [0.15, 0.2) is 0 Å². The minimum Gasteiger partial charge on any atom is -0.494 e. The number of aromatic amines is 1. The van der Waals surface area contributed by atoms with Crippen molar-refractivity contribution in [2.45, 2.75) is 38.1 Å². The van der Waals surface area contributed by atoms with Crippen LogP contribution in [0.4, 0.5) is 17.3 Å². The zero-order valence-electron chi connectivity index (χ0n) is 22.0. The first-order valence-electron chi connectivity index (χ1n) is 13.5. The summed E-state index contributed by atoms with van der Waals surface area (Å²) in [6, 6.07) is 14.4. The number of H-pyrrole nitrogens is 1. The molecular formula is C29H33ClN6O2S. The molecule has 204 valence electrons. The summed E-state index contributed by atoms with van der Waals surface area (Å²) in [5, 5.41) is 4.84. The number of fused-ring (bicyclic) bond motifs is 1. The first-order chi connectivity index (χ1) is 19.0. The summed E-state index contributed by atoms with van der Waals surface area (Å²) >= 11 is 6.51. The molecule has 4 heterocycles. The van der Waals surface area contributed by atoms with Crippen LogP contribution in [0.25, 0.3) is 22.2 Å². The van der Waals surface area contributed by atoms with E-state index in [0.29, 0.717) is 22.4 Å². The maximum atomic E-state index is 13.0. The number of nitrogens with zero attached hydrogens (tertiary/aromatic N) is 4. The molecule has 2 N–H and O–H groups in total. The highest BCUT2D eigenvalue weighted by Crippen LogP contribution is 2.35. The van der Waals surface area contributed by atoms with Gasteiger partial charge >= 0.3 is 0 Å². The molecule has 0 amide bonds. The van der Waals surface area contributed by atoms with Gasteiger partial charge in [-0.25, -0.2) is 18.5 Å². The van der Waals surface area contributed by atoms with E-state index in [0.717, 1.165) is 78.1 Å². The monoisotopic (exact) mass is 564 g/mol. The van der Waals surface area contributed by atoms with Gasteiger partial charge in [0.1, 0.15) is 5.75 Å². The van der Waals surface area contributed by atoms with Gasteiger partial charge in [-0.05, 0) is 43.9 Å². The zero-order valence-corrected chi connectivity index (χ0v) is 23.6. The third-order valence-electron chi connectivity index (χ3n) is 7.62. The van der Waals surface area contributed by atoms with Crippen LogP contribution in [0.2, 0.25) is 5.02 Å². The fraction of sp³-hybridized carbons (Fsp3) is 0.379. The molecule has 0 aliphatic carbocycles. The molecule has 39 heavy (non-hydrogen) atoms. The second-order valence-corrected chi connectivity index (χ2v) is 13.2. The lowest BCUT2D eigenvalue weighted by Crippen LogP contribution is -2.36. The predicted octanol–water partition coefficient (Wildman–Crippen LogP) is 6.65. The lowest BCUT2D eigenvalue weighted by atomic mass is 10.1. The van der Waals surface area contributed by atoms with Gasteiger partial charge < -0.3 is 19.9 Å². The quantitative estimate of drug-likeness (QED) is 0.272. The van der Waals surface area contributed by atoms with Crippen LogP contribution in [-0.4, -0.2) is 56.9 Å². The second kappa shape index (κ2) is 11.1.